The molecule has 1 saturated carbocycles. The number of likely N-dealkylation sites (N-methyl/N-ethyl adjacent to an activating group) is 1. The van der Waals surface area contributed by atoms with Gasteiger partial charge < -0.3 is 26.6 Å². The number of nitrogens with one attached hydrogen (secondary N) is 1. The summed E-state index contributed by atoms with van der Waals surface area (Å²) in [5.74, 6) is -1.68. The summed E-state index contributed by atoms with van der Waals surface area (Å²) in [5, 5.41) is 8.08. The highest BCUT2D eigenvalue weighted by Crippen LogP contribution is 2.44. The molecule has 8 rings (SSSR count). The molecular weight excluding hydrogens is 970 g/mol. The quantitative estimate of drug-likeness (QED) is 0.0672. The van der Waals surface area contributed by atoms with Crippen molar-refractivity contribution in [3.63, 3.8) is 0 Å². The van der Waals surface area contributed by atoms with Crippen molar-refractivity contribution in [2.45, 2.75) is 122 Å². The predicted molar refractivity (Wildman–Crippen MR) is 305 cm³/mol. The zero-order valence-corrected chi connectivity index (χ0v) is 46.6. The van der Waals surface area contributed by atoms with E-state index < -0.39 is 29.2 Å². The number of likely N-dealkylation sites (tertiary alicyclic amines) is 2. The molecule has 408 valence electrons. The second-order valence-corrected chi connectivity index (χ2v) is 21.1. The first-order valence-corrected chi connectivity index (χ1v) is 27.5. The molecule has 5 aromatic rings. The Bertz CT molecular complexity index is 2680. The summed E-state index contributed by atoms with van der Waals surface area (Å²) in [7, 11) is 7.24. The van der Waals surface area contributed by atoms with Crippen LogP contribution >= 0.6 is 11.6 Å². The van der Waals surface area contributed by atoms with Crippen LogP contribution in [-0.2, 0) is 19.9 Å². The molecule has 1 atom stereocenters. The van der Waals surface area contributed by atoms with E-state index in [0.717, 1.165) is 68.4 Å². The van der Waals surface area contributed by atoms with E-state index in [2.05, 4.69) is 58.8 Å². The van der Waals surface area contributed by atoms with Gasteiger partial charge in [0.2, 0.25) is 5.91 Å². The van der Waals surface area contributed by atoms with Crippen LogP contribution in [0.4, 0.5) is 17.6 Å². The van der Waals surface area contributed by atoms with Crippen LogP contribution in [-0.4, -0.2) is 79.4 Å². The number of hydrogen-bond acceptors (Lipinski definition) is 6. The van der Waals surface area contributed by atoms with E-state index in [-0.39, 0.29) is 45.0 Å². The highest BCUT2D eigenvalue weighted by molar-refractivity contribution is 6.34. The Kier molecular flexibility index (Phi) is 23.7. The lowest BCUT2D eigenvalue weighted by molar-refractivity contribution is 0.100. The minimum Gasteiger partial charge on any atom is -0.391 e. The number of fused-ring (bicyclic) bond motifs is 1. The van der Waals surface area contributed by atoms with Crippen molar-refractivity contribution in [1.29, 1.82) is 0 Å². The normalized spacial score (nSPS) is 16.2. The maximum atomic E-state index is 15.9. The second-order valence-electron chi connectivity index (χ2n) is 20.8. The zero-order chi connectivity index (χ0) is 54.9. The fraction of sp³-hybridized carbons (Fsp3) is 0.484. The molecule has 2 aliphatic heterocycles. The summed E-state index contributed by atoms with van der Waals surface area (Å²) in [6.45, 7) is 22.6. The number of allylic oxidation sites excluding steroid dienone is 3. The van der Waals surface area contributed by atoms with E-state index in [0.29, 0.717) is 46.1 Å². The van der Waals surface area contributed by atoms with Crippen LogP contribution in [0.1, 0.15) is 153 Å². The van der Waals surface area contributed by atoms with Gasteiger partial charge in [-0.3, -0.25) is 9.48 Å². The molecule has 13 heteroatoms. The molecule has 1 amide bonds. The van der Waals surface area contributed by atoms with E-state index in [4.69, 9.17) is 17.3 Å². The highest BCUT2D eigenvalue weighted by atomic mass is 35.5. The van der Waals surface area contributed by atoms with Crippen LogP contribution in [0, 0.1) is 35.1 Å². The van der Waals surface area contributed by atoms with Crippen LogP contribution < -0.4 is 16.8 Å². The van der Waals surface area contributed by atoms with Crippen LogP contribution in [0.25, 0.3) is 22.0 Å². The van der Waals surface area contributed by atoms with Crippen molar-refractivity contribution in [3.05, 3.63) is 160 Å². The average Bonchev–Trinajstić information content (AvgIpc) is 3.74. The molecule has 1 aliphatic carbocycles. The van der Waals surface area contributed by atoms with E-state index in [1.807, 2.05) is 64.2 Å². The third-order valence-corrected chi connectivity index (χ3v) is 15.8. The number of carbonyl (C=O) groups excluding carboxylic acids is 1. The fourth-order valence-electron chi connectivity index (χ4n) is 11.3. The first-order valence-electron chi connectivity index (χ1n) is 27.1. The summed E-state index contributed by atoms with van der Waals surface area (Å²) < 4.78 is 63.5. The maximum absolute atomic E-state index is 15.9. The van der Waals surface area contributed by atoms with Crippen LogP contribution in [0.15, 0.2) is 92.2 Å². The van der Waals surface area contributed by atoms with E-state index in [1.165, 1.54) is 89.3 Å². The third kappa shape index (κ3) is 15.2. The number of aryl methyl sites for hydroxylation is 2. The molecule has 3 heterocycles. The smallest absolute Gasteiger partial charge is 0.249 e. The molecule has 2 saturated heterocycles. The Morgan fingerprint density at radius 2 is 1.52 bits per heavy atom. The van der Waals surface area contributed by atoms with Gasteiger partial charge in [-0.2, -0.15) is 5.10 Å². The van der Waals surface area contributed by atoms with Crippen molar-refractivity contribution < 1.29 is 22.4 Å². The number of primary amides is 1. The Labute approximate surface area is 450 Å². The van der Waals surface area contributed by atoms with E-state index >= 15 is 13.2 Å². The van der Waals surface area contributed by atoms with Gasteiger partial charge in [-0.15, -0.1) is 13.2 Å². The molecule has 3 aliphatic rings. The van der Waals surface area contributed by atoms with E-state index in [1.54, 1.807) is 11.7 Å². The predicted octanol–water partition coefficient (Wildman–Crippen LogP) is 14.1. The molecule has 4 aromatic carbocycles. The lowest BCUT2D eigenvalue weighted by Gasteiger charge is -2.37. The lowest BCUT2D eigenvalue weighted by Crippen LogP contribution is -2.40. The number of piperidine rings is 2. The number of carbonyl (C=O) groups is 1. The van der Waals surface area contributed by atoms with Gasteiger partial charge in [0.05, 0.1) is 10.7 Å². The van der Waals surface area contributed by atoms with Gasteiger partial charge in [0.25, 0.3) is 0 Å². The molecule has 3 fully saturated rings. The number of amides is 1. The van der Waals surface area contributed by atoms with Gasteiger partial charge in [-0.1, -0.05) is 107 Å². The first-order chi connectivity index (χ1) is 36.0. The van der Waals surface area contributed by atoms with E-state index in [9.17, 15) is 9.18 Å². The molecular formula is C62H84ClF4N7O. The Balaban J connectivity index is 0.000000236. The zero-order valence-electron chi connectivity index (χ0n) is 45.8. The van der Waals surface area contributed by atoms with Gasteiger partial charge in [0, 0.05) is 59.9 Å². The Hall–Kier alpha value is -5.27. The molecule has 8 nitrogen and oxygen atoms in total. The minimum atomic E-state index is -0.786. The number of aromatic nitrogens is 2. The molecule has 0 spiro atoms. The molecule has 1 aromatic heterocycles. The summed E-state index contributed by atoms with van der Waals surface area (Å²) in [4.78, 5) is 17.0. The minimum absolute atomic E-state index is 0.00948. The standard InChI is InChI=1S/C28H41F2N5.C25H24ClF2NO.C8H14.CH5N/c1-6-7-8-22(19(2)31-3)27-23-17-24(29)25(26(30)28(23)34(5)32-27)21-11-15-35(16-12-21)18-20-9-13-33(4)14-10-20;1-4-16-10-11-18(25(29)30)21(24(16)28)22-20(14(2)3)17(13-19(27)23(22)26)12-15-8-6-5-7-9-15;1-2-8-6-4-3-5-7-8;1-2/h6,17,20-22,31H,1-2,7-16,18H2,3-5H3;5-11,13-14H,4,12H2,1-3H3,(H2,29,30);2,8H,1,3-7H2;2H2,1H3. The van der Waals surface area contributed by atoms with Gasteiger partial charge in [-0.05, 0) is 169 Å². The highest BCUT2D eigenvalue weighted by Gasteiger charge is 2.32. The van der Waals surface area contributed by atoms with Gasteiger partial charge >= 0.3 is 0 Å². The average molecular weight is 1050 g/mol. The van der Waals surface area contributed by atoms with Crippen LogP contribution in [0.3, 0.4) is 0 Å². The summed E-state index contributed by atoms with van der Waals surface area (Å²) in [6.07, 6.45) is 17.5. The van der Waals surface area contributed by atoms with Crippen molar-refractivity contribution in [3.8, 4) is 11.1 Å². The molecule has 5 N–H and O–H groups in total. The summed E-state index contributed by atoms with van der Waals surface area (Å²) in [5.41, 5.74) is 15.1. The monoisotopic (exact) mass is 1050 g/mol. The first kappa shape index (κ1) is 60.6. The largest absolute Gasteiger partial charge is 0.391 e. The number of rotatable bonds is 16. The Morgan fingerprint density at radius 1 is 0.867 bits per heavy atom. The summed E-state index contributed by atoms with van der Waals surface area (Å²) in [6, 6.07) is 15.6. The Morgan fingerprint density at radius 3 is 2.08 bits per heavy atom. The van der Waals surface area contributed by atoms with Crippen molar-refractivity contribution in [2.24, 2.45) is 30.4 Å². The fourth-order valence-corrected chi connectivity index (χ4v) is 11.5. The SMILES string of the molecule is C=CC1CCCCC1.C=CCCC(C(=C)NC)c1nn(C)c2c(F)c(C3CCN(CC4CCN(C)CC4)CC3)c(F)cc12.CCc1ccc(C(N)=O)c(-c2c(Cl)c(F)cc(Cc3ccccc3)c2C(C)C)c1F.CN. The molecule has 0 bridgehead atoms. The maximum Gasteiger partial charge on any atom is 0.249 e. The number of benzene rings is 4. The second kappa shape index (κ2) is 29.3. The van der Waals surface area contributed by atoms with Gasteiger partial charge in [0.1, 0.15) is 23.0 Å². The lowest BCUT2D eigenvalue weighted by atomic mass is 9.83. The summed E-state index contributed by atoms with van der Waals surface area (Å²) >= 11 is 6.40. The van der Waals surface area contributed by atoms with Crippen molar-refractivity contribution in [1.82, 2.24) is 24.9 Å². The third-order valence-electron chi connectivity index (χ3n) is 15.4. The van der Waals surface area contributed by atoms with Gasteiger partial charge in [0.15, 0.2) is 5.82 Å². The van der Waals surface area contributed by atoms with Crippen LogP contribution in [0.2, 0.25) is 5.02 Å². The molecule has 0 radical (unpaired) electrons. The molecule has 1 unspecified atom stereocenters. The molecule has 75 heavy (non-hydrogen) atoms. The van der Waals surface area contributed by atoms with Crippen molar-refractivity contribution >= 4 is 28.4 Å². The van der Waals surface area contributed by atoms with Crippen LogP contribution in [0.5, 0.6) is 0 Å². The van der Waals surface area contributed by atoms with Crippen molar-refractivity contribution in [2.75, 3.05) is 53.9 Å². The topological polar surface area (TPSA) is 105 Å². The number of halogens is 5. The van der Waals surface area contributed by atoms with Gasteiger partial charge in [-0.25, -0.2) is 17.6 Å². The number of nitrogens with zero attached hydrogens (tertiary/aromatic N) is 4. The number of nitrogens with two attached hydrogens (primary N) is 2. The number of hydrogen-bond donors (Lipinski definition) is 3.